The van der Waals surface area contributed by atoms with Crippen LogP contribution < -0.4 is 0 Å². The highest BCUT2D eigenvalue weighted by Crippen LogP contribution is 2.28. The van der Waals surface area contributed by atoms with E-state index in [1.165, 1.54) is 0 Å². The minimum atomic E-state index is -2.00. The topological polar surface area (TPSA) is 50.2 Å². The fourth-order valence-corrected chi connectivity index (χ4v) is 1.86. The summed E-state index contributed by atoms with van der Waals surface area (Å²) in [6.45, 7) is 5.83. The number of thiazole rings is 1. The maximum Gasteiger partial charge on any atom is 0.345 e. The van der Waals surface area contributed by atoms with Gasteiger partial charge in [-0.15, -0.1) is 11.3 Å². The first-order valence-corrected chi connectivity index (χ1v) is 5.03. The lowest BCUT2D eigenvalue weighted by Crippen LogP contribution is -2.12. The number of hydrogen-bond acceptors (Lipinski definition) is 3. The highest BCUT2D eigenvalue weighted by molar-refractivity contribution is 7.09. The highest BCUT2D eigenvalue weighted by atomic mass is 32.1. The molecule has 5 heteroatoms. The van der Waals surface area contributed by atoms with E-state index in [1.54, 1.807) is 5.38 Å². The summed E-state index contributed by atoms with van der Waals surface area (Å²) in [5.74, 6) is -1.49. The van der Waals surface area contributed by atoms with E-state index in [1.807, 2.05) is 20.8 Å². The van der Waals surface area contributed by atoms with Crippen molar-refractivity contribution in [3.05, 3.63) is 16.1 Å². The molecule has 14 heavy (non-hydrogen) atoms. The molecule has 0 aliphatic carbocycles. The SMILES string of the molecule is CC(C)(C)c1csc(C(F)C(=O)O)n1. The Kier molecular flexibility index (Phi) is 2.89. The molecule has 3 nitrogen and oxygen atoms in total. The number of rotatable bonds is 2. The van der Waals surface area contributed by atoms with Gasteiger partial charge in [-0.05, 0) is 0 Å². The molecule has 0 saturated carbocycles. The molecule has 0 saturated heterocycles. The zero-order chi connectivity index (χ0) is 10.9. The fraction of sp³-hybridized carbons (Fsp3) is 0.556. The summed E-state index contributed by atoms with van der Waals surface area (Å²) in [5, 5.41) is 10.2. The van der Waals surface area contributed by atoms with E-state index in [9.17, 15) is 9.18 Å². The van der Waals surface area contributed by atoms with Gasteiger partial charge in [0.15, 0.2) is 0 Å². The van der Waals surface area contributed by atoms with E-state index in [2.05, 4.69) is 4.98 Å². The zero-order valence-corrected chi connectivity index (χ0v) is 9.06. The predicted octanol–water partition coefficient (Wildman–Crippen LogP) is 2.54. The number of carboxylic acids is 1. The summed E-state index contributed by atoms with van der Waals surface area (Å²) in [6, 6.07) is 0. The Labute approximate surface area is 85.6 Å². The molecule has 0 fully saturated rings. The van der Waals surface area contributed by atoms with E-state index in [0.717, 1.165) is 17.0 Å². The number of aromatic nitrogens is 1. The second-order valence-electron chi connectivity index (χ2n) is 4.02. The number of nitrogens with zero attached hydrogens (tertiary/aromatic N) is 1. The van der Waals surface area contributed by atoms with Crippen LogP contribution in [-0.4, -0.2) is 16.1 Å². The van der Waals surface area contributed by atoms with Crippen molar-refractivity contribution in [3.63, 3.8) is 0 Å². The van der Waals surface area contributed by atoms with Gasteiger partial charge in [-0.2, -0.15) is 0 Å². The maximum absolute atomic E-state index is 13.0. The third kappa shape index (κ3) is 2.29. The van der Waals surface area contributed by atoms with E-state index >= 15 is 0 Å². The Morgan fingerprint density at radius 1 is 1.64 bits per heavy atom. The number of aliphatic carboxylic acids is 1. The van der Waals surface area contributed by atoms with Crippen LogP contribution in [0, 0.1) is 0 Å². The van der Waals surface area contributed by atoms with Crippen LogP contribution in [0.1, 0.15) is 37.6 Å². The summed E-state index contributed by atoms with van der Waals surface area (Å²) in [7, 11) is 0. The van der Waals surface area contributed by atoms with Crippen LogP contribution in [0.25, 0.3) is 0 Å². The van der Waals surface area contributed by atoms with Gasteiger partial charge in [-0.25, -0.2) is 14.2 Å². The Hall–Kier alpha value is -0.970. The molecular formula is C9H12FNO2S. The van der Waals surface area contributed by atoms with Gasteiger partial charge in [0.1, 0.15) is 5.01 Å². The van der Waals surface area contributed by atoms with E-state index < -0.39 is 12.1 Å². The molecule has 1 N–H and O–H groups in total. The second-order valence-corrected chi connectivity index (χ2v) is 4.91. The Bertz CT molecular complexity index is 343. The van der Waals surface area contributed by atoms with Crippen molar-refractivity contribution in [2.75, 3.05) is 0 Å². The van der Waals surface area contributed by atoms with Gasteiger partial charge in [0, 0.05) is 10.8 Å². The summed E-state index contributed by atoms with van der Waals surface area (Å²) in [6.07, 6.45) is -2.00. The molecule has 1 aromatic heterocycles. The Morgan fingerprint density at radius 2 is 2.21 bits per heavy atom. The monoisotopic (exact) mass is 217 g/mol. The van der Waals surface area contributed by atoms with Crippen molar-refractivity contribution in [1.29, 1.82) is 0 Å². The first-order chi connectivity index (χ1) is 6.32. The summed E-state index contributed by atoms with van der Waals surface area (Å²) in [5.41, 5.74) is 0.550. The standard InChI is InChI=1S/C9H12FNO2S/c1-9(2,3)5-4-14-7(11-5)6(10)8(12)13/h4,6H,1-3H3,(H,12,13). The molecule has 1 unspecified atom stereocenters. The minimum Gasteiger partial charge on any atom is -0.479 e. The molecular weight excluding hydrogens is 205 g/mol. The molecule has 78 valence electrons. The predicted molar refractivity (Wildman–Crippen MR) is 52.3 cm³/mol. The van der Waals surface area contributed by atoms with Crippen LogP contribution in [0.15, 0.2) is 5.38 Å². The van der Waals surface area contributed by atoms with Crippen molar-refractivity contribution in [3.8, 4) is 0 Å². The van der Waals surface area contributed by atoms with Crippen LogP contribution in [0.3, 0.4) is 0 Å². The molecule has 1 rings (SSSR count). The molecule has 0 amide bonds. The molecule has 1 aromatic rings. The van der Waals surface area contributed by atoms with Gasteiger partial charge in [-0.1, -0.05) is 20.8 Å². The number of halogens is 1. The van der Waals surface area contributed by atoms with Crippen LogP contribution in [0.5, 0.6) is 0 Å². The number of carboxylic acid groups (broad SMARTS) is 1. The quantitative estimate of drug-likeness (QED) is 0.828. The zero-order valence-electron chi connectivity index (χ0n) is 8.24. The molecule has 0 aliphatic heterocycles. The molecule has 0 radical (unpaired) electrons. The third-order valence-corrected chi connectivity index (χ3v) is 2.60. The van der Waals surface area contributed by atoms with Gasteiger partial charge in [0.2, 0.25) is 6.17 Å². The van der Waals surface area contributed by atoms with Crippen LogP contribution in [0.4, 0.5) is 4.39 Å². The van der Waals surface area contributed by atoms with Crippen molar-refractivity contribution < 1.29 is 14.3 Å². The second kappa shape index (κ2) is 3.65. The minimum absolute atomic E-state index is 0.0161. The normalized spacial score (nSPS) is 14.0. The Balaban J connectivity index is 2.94. The van der Waals surface area contributed by atoms with Gasteiger partial charge in [-0.3, -0.25) is 0 Å². The van der Waals surface area contributed by atoms with Crippen molar-refractivity contribution in [1.82, 2.24) is 4.98 Å². The van der Waals surface area contributed by atoms with Gasteiger partial charge < -0.3 is 5.11 Å². The largest absolute Gasteiger partial charge is 0.479 e. The van der Waals surface area contributed by atoms with Crippen molar-refractivity contribution >= 4 is 17.3 Å². The maximum atomic E-state index is 13.0. The highest BCUT2D eigenvalue weighted by Gasteiger charge is 2.25. The van der Waals surface area contributed by atoms with Crippen LogP contribution >= 0.6 is 11.3 Å². The van der Waals surface area contributed by atoms with Crippen LogP contribution in [-0.2, 0) is 10.2 Å². The molecule has 0 spiro atoms. The lowest BCUT2D eigenvalue weighted by atomic mass is 9.93. The first-order valence-electron chi connectivity index (χ1n) is 4.15. The van der Waals surface area contributed by atoms with Gasteiger partial charge in [0.25, 0.3) is 0 Å². The smallest absolute Gasteiger partial charge is 0.345 e. The molecule has 1 heterocycles. The average Bonchev–Trinajstić information content (AvgIpc) is 2.49. The van der Waals surface area contributed by atoms with E-state index in [0.29, 0.717) is 0 Å². The van der Waals surface area contributed by atoms with Crippen molar-refractivity contribution in [2.24, 2.45) is 0 Å². The lowest BCUT2D eigenvalue weighted by molar-refractivity contribution is -0.143. The number of hydrogen-bond donors (Lipinski definition) is 1. The summed E-state index contributed by atoms with van der Waals surface area (Å²) < 4.78 is 13.0. The molecule has 0 aliphatic rings. The number of alkyl halides is 1. The molecule has 1 atom stereocenters. The summed E-state index contributed by atoms with van der Waals surface area (Å²) >= 11 is 1.05. The fourth-order valence-electron chi connectivity index (χ4n) is 0.854. The first kappa shape index (κ1) is 11.1. The molecule has 0 aromatic carbocycles. The number of carbonyl (C=O) groups is 1. The van der Waals surface area contributed by atoms with E-state index in [-0.39, 0.29) is 10.4 Å². The Morgan fingerprint density at radius 3 is 2.57 bits per heavy atom. The van der Waals surface area contributed by atoms with Crippen molar-refractivity contribution in [2.45, 2.75) is 32.4 Å². The lowest BCUT2D eigenvalue weighted by Gasteiger charge is -2.14. The van der Waals surface area contributed by atoms with Gasteiger partial charge >= 0.3 is 5.97 Å². The van der Waals surface area contributed by atoms with E-state index in [4.69, 9.17) is 5.11 Å². The van der Waals surface area contributed by atoms with Crippen LogP contribution in [0.2, 0.25) is 0 Å². The van der Waals surface area contributed by atoms with Gasteiger partial charge in [0.05, 0.1) is 5.69 Å². The molecule has 0 bridgehead atoms. The third-order valence-electron chi connectivity index (χ3n) is 1.72. The summed E-state index contributed by atoms with van der Waals surface area (Å²) in [4.78, 5) is 14.3. The average molecular weight is 217 g/mol.